The molecule has 2 N–H and O–H groups in total. The Hall–Kier alpha value is -3.35. The Morgan fingerprint density at radius 2 is 1.61 bits per heavy atom. The van der Waals surface area contributed by atoms with Crippen LogP contribution in [0.4, 0.5) is 4.79 Å². The number of carbonyl (C=O) groups is 3. The molecule has 0 aromatic heterocycles. The van der Waals surface area contributed by atoms with Crippen LogP contribution in [0.25, 0.3) is 11.1 Å². The van der Waals surface area contributed by atoms with E-state index in [1.807, 2.05) is 24.3 Å². The number of amides is 2. The van der Waals surface area contributed by atoms with Crippen LogP contribution in [0.5, 0.6) is 0 Å². The van der Waals surface area contributed by atoms with Crippen molar-refractivity contribution in [2.45, 2.75) is 43.6 Å². The van der Waals surface area contributed by atoms with Crippen molar-refractivity contribution >= 4 is 18.0 Å². The molecule has 33 heavy (non-hydrogen) atoms. The SMILES string of the molecule is O=C(O)CCC1CN(C(=O)CC2(NC(=O)OCC3c4ccccc4-c4ccccc43)CC2)C1. The zero-order valence-electron chi connectivity index (χ0n) is 18.5. The lowest BCUT2D eigenvalue weighted by Gasteiger charge is -2.40. The average molecular weight is 449 g/mol. The molecule has 2 aromatic carbocycles. The Balaban J connectivity index is 1.12. The third-order valence-corrected chi connectivity index (χ3v) is 7.13. The van der Waals surface area contributed by atoms with Gasteiger partial charge in [0.15, 0.2) is 0 Å². The molecule has 0 unspecified atom stereocenters. The van der Waals surface area contributed by atoms with Crippen LogP contribution in [0.2, 0.25) is 0 Å². The first kappa shape index (κ1) is 21.5. The second-order valence-corrected chi connectivity index (χ2v) is 9.50. The Morgan fingerprint density at radius 1 is 1.00 bits per heavy atom. The Kier molecular flexibility index (Phi) is 5.56. The zero-order valence-corrected chi connectivity index (χ0v) is 18.5. The average Bonchev–Trinajstić information content (AvgIpc) is 3.43. The minimum atomic E-state index is -0.802. The van der Waals surface area contributed by atoms with Gasteiger partial charge in [-0.15, -0.1) is 0 Å². The highest BCUT2D eigenvalue weighted by molar-refractivity contribution is 5.81. The maximum Gasteiger partial charge on any atom is 0.407 e. The number of alkyl carbamates (subject to hydrolysis) is 1. The van der Waals surface area contributed by atoms with Crippen molar-refractivity contribution < 1.29 is 24.2 Å². The van der Waals surface area contributed by atoms with E-state index in [9.17, 15) is 14.4 Å². The van der Waals surface area contributed by atoms with Crippen LogP contribution in [-0.2, 0) is 14.3 Å². The fraction of sp³-hybridized carbons (Fsp3) is 0.423. The molecule has 1 saturated heterocycles. The number of carboxylic acid groups (broad SMARTS) is 1. The molecular weight excluding hydrogens is 420 g/mol. The van der Waals surface area contributed by atoms with E-state index in [0.29, 0.717) is 19.5 Å². The lowest BCUT2D eigenvalue weighted by atomic mass is 9.94. The van der Waals surface area contributed by atoms with Gasteiger partial charge in [-0.25, -0.2) is 4.79 Å². The second kappa shape index (κ2) is 8.54. The Labute approximate surface area is 192 Å². The number of aliphatic carboxylic acids is 1. The van der Waals surface area contributed by atoms with Crippen molar-refractivity contribution in [1.82, 2.24) is 10.2 Å². The number of benzene rings is 2. The second-order valence-electron chi connectivity index (χ2n) is 9.50. The van der Waals surface area contributed by atoms with Crippen LogP contribution in [-0.4, -0.2) is 53.2 Å². The quantitative estimate of drug-likeness (QED) is 0.641. The zero-order chi connectivity index (χ0) is 23.0. The third-order valence-electron chi connectivity index (χ3n) is 7.13. The minimum Gasteiger partial charge on any atom is -0.481 e. The number of rotatable bonds is 8. The minimum absolute atomic E-state index is 0.00348. The molecule has 5 rings (SSSR count). The van der Waals surface area contributed by atoms with E-state index in [0.717, 1.165) is 24.0 Å². The van der Waals surface area contributed by atoms with Crippen LogP contribution < -0.4 is 5.32 Å². The van der Waals surface area contributed by atoms with Crippen molar-refractivity contribution in [1.29, 1.82) is 0 Å². The first-order valence-corrected chi connectivity index (χ1v) is 11.6. The molecule has 2 aliphatic carbocycles. The number of likely N-dealkylation sites (tertiary alicyclic amines) is 1. The first-order valence-electron chi connectivity index (χ1n) is 11.6. The van der Waals surface area contributed by atoms with Gasteiger partial charge in [-0.2, -0.15) is 0 Å². The molecule has 7 heteroatoms. The van der Waals surface area contributed by atoms with Crippen molar-refractivity contribution in [3.8, 4) is 11.1 Å². The van der Waals surface area contributed by atoms with Gasteiger partial charge in [-0.05, 0) is 47.4 Å². The molecule has 3 aliphatic rings. The highest BCUT2D eigenvalue weighted by atomic mass is 16.5. The van der Waals surface area contributed by atoms with Crippen LogP contribution in [0.15, 0.2) is 48.5 Å². The van der Waals surface area contributed by atoms with E-state index in [-0.39, 0.29) is 37.2 Å². The number of carboxylic acids is 1. The third kappa shape index (κ3) is 4.45. The number of carbonyl (C=O) groups excluding carboxylic acids is 2. The number of hydrogen-bond acceptors (Lipinski definition) is 4. The van der Waals surface area contributed by atoms with Crippen molar-refractivity contribution in [2.75, 3.05) is 19.7 Å². The van der Waals surface area contributed by atoms with E-state index in [4.69, 9.17) is 9.84 Å². The van der Waals surface area contributed by atoms with Crippen molar-refractivity contribution in [2.24, 2.45) is 5.92 Å². The normalized spacial score (nSPS) is 18.1. The summed E-state index contributed by atoms with van der Waals surface area (Å²) in [6.07, 6.45) is 2.05. The molecule has 0 atom stereocenters. The highest BCUT2D eigenvalue weighted by Gasteiger charge is 2.48. The number of hydrogen-bond donors (Lipinski definition) is 2. The van der Waals surface area contributed by atoms with Gasteiger partial charge >= 0.3 is 12.1 Å². The molecule has 0 spiro atoms. The maximum absolute atomic E-state index is 12.6. The van der Waals surface area contributed by atoms with Gasteiger partial charge in [-0.1, -0.05) is 48.5 Å². The molecule has 2 aromatic rings. The van der Waals surface area contributed by atoms with Crippen LogP contribution >= 0.6 is 0 Å². The molecule has 1 saturated carbocycles. The van der Waals surface area contributed by atoms with Gasteiger partial charge < -0.3 is 20.1 Å². The summed E-state index contributed by atoms with van der Waals surface area (Å²) < 4.78 is 5.64. The molecule has 0 bridgehead atoms. The molecule has 1 aliphatic heterocycles. The van der Waals surface area contributed by atoms with Gasteiger partial charge in [0.25, 0.3) is 0 Å². The summed E-state index contributed by atoms with van der Waals surface area (Å²) >= 11 is 0. The lowest BCUT2D eigenvalue weighted by Crippen LogP contribution is -2.52. The molecule has 172 valence electrons. The Morgan fingerprint density at radius 3 is 2.18 bits per heavy atom. The van der Waals surface area contributed by atoms with Gasteiger partial charge in [0.05, 0.1) is 12.0 Å². The molecule has 2 fully saturated rings. The van der Waals surface area contributed by atoms with Crippen LogP contribution in [0.3, 0.4) is 0 Å². The molecule has 2 amide bonds. The van der Waals surface area contributed by atoms with Gasteiger partial charge in [-0.3, -0.25) is 9.59 Å². The summed E-state index contributed by atoms with van der Waals surface area (Å²) in [6, 6.07) is 16.4. The first-order chi connectivity index (χ1) is 15.9. The van der Waals surface area contributed by atoms with E-state index in [1.165, 1.54) is 11.1 Å². The maximum atomic E-state index is 12.6. The summed E-state index contributed by atoms with van der Waals surface area (Å²) in [5.74, 6) is -0.527. The van der Waals surface area contributed by atoms with Gasteiger partial charge in [0.2, 0.25) is 5.91 Å². The molecule has 0 radical (unpaired) electrons. The van der Waals surface area contributed by atoms with E-state index in [2.05, 4.69) is 29.6 Å². The summed E-state index contributed by atoms with van der Waals surface area (Å²) in [5, 5.41) is 11.7. The molecule has 7 nitrogen and oxygen atoms in total. The smallest absolute Gasteiger partial charge is 0.407 e. The van der Waals surface area contributed by atoms with E-state index >= 15 is 0 Å². The fourth-order valence-corrected chi connectivity index (χ4v) is 5.03. The van der Waals surface area contributed by atoms with Crippen molar-refractivity contribution in [3.63, 3.8) is 0 Å². The Bertz CT molecular complexity index is 1040. The van der Waals surface area contributed by atoms with Crippen LogP contribution in [0, 0.1) is 5.92 Å². The highest BCUT2D eigenvalue weighted by Crippen LogP contribution is 2.45. The van der Waals surface area contributed by atoms with E-state index < -0.39 is 17.6 Å². The number of fused-ring (bicyclic) bond motifs is 3. The number of nitrogens with one attached hydrogen (secondary N) is 1. The van der Waals surface area contributed by atoms with E-state index in [1.54, 1.807) is 4.90 Å². The monoisotopic (exact) mass is 448 g/mol. The molecular formula is C26H28N2O5. The summed E-state index contributed by atoms with van der Waals surface area (Å²) in [4.78, 5) is 37.6. The summed E-state index contributed by atoms with van der Waals surface area (Å²) in [6.45, 7) is 1.46. The van der Waals surface area contributed by atoms with Gasteiger partial charge in [0, 0.05) is 25.4 Å². The standard InChI is InChI=1S/C26H28N2O5/c29-23(28-14-17(15-28)9-10-24(30)31)13-26(11-12-26)27-25(32)33-16-22-20-7-3-1-5-18(20)19-6-2-4-8-21(19)22/h1-8,17,22H,9-16H2,(H,27,32)(H,30,31). The molecule has 1 heterocycles. The van der Waals surface area contributed by atoms with Crippen LogP contribution in [0.1, 0.15) is 49.1 Å². The van der Waals surface area contributed by atoms with Gasteiger partial charge in [0.1, 0.15) is 6.61 Å². The summed E-state index contributed by atoms with van der Waals surface area (Å²) in [5.41, 5.74) is 4.19. The largest absolute Gasteiger partial charge is 0.481 e. The lowest BCUT2D eigenvalue weighted by molar-refractivity contribution is -0.139. The predicted octanol–water partition coefficient (Wildman–Crippen LogP) is 3.77. The topological polar surface area (TPSA) is 95.9 Å². The van der Waals surface area contributed by atoms with Crippen molar-refractivity contribution in [3.05, 3.63) is 59.7 Å². The summed E-state index contributed by atoms with van der Waals surface area (Å²) in [7, 11) is 0. The number of ether oxygens (including phenoxy) is 1. The number of nitrogens with zero attached hydrogens (tertiary/aromatic N) is 1. The fourth-order valence-electron chi connectivity index (χ4n) is 5.03. The predicted molar refractivity (Wildman–Crippen MR) is 122 cm³/mol.